The van der Waals surface area contributed by atoms with Gasteiger partial charge in [0.05, 0.1) is 10.2 Å². The maximum atomic E-state index is 5.82. The van der Waals surface area contributed by atoms with Gasteiger partial charge in [-0.05, 0) is 62.5 Å². The molecule has 0 aliphatic heterocycles. The van der Waals surface area contributed by atoms with Gasteiger partial charge in [-0.15, -0.1) is 0 Å². The van der Waals surface area contributed by atoms with E-state index in [4.69, 9.17) is 10.5 Å². The molecule has 2 N–H and O–H groups in total. The Balaban J connectivity index is 2.31. The molecule has 0 atom stereocenters. The third-order valence-corrected chi connectivity index (χ3v) is 3.19. The summed E-state index contributed by atoms with van der Waals surface area (Å²) in [4.78, 5) is 4.12. The number of rotatable bonds is 2. The van der Waals surface area contributed by atoms with E-state index in [0.717, 1.165) is 14.5 Å². The number of nitrogens with zero attached hydrogens (tertiary/aromatic N) is 1. The second kappa shape index (κ2) is 5.06. The van der Waals surface area contributed by atoms with Crippen molar-refractivity contribution in [3.63, 3.8) is 0 Å². The van der Waals surface area contributed by atoms with Gasteiger partial charge in [0.15, 0.2) is 0 Å². The van der Waals surface area contributed by atoms with Crippen molar-refractivity contribution in [2.75, 3.05) is 5.73 Å². The minimum absolute atomic E-state index is 0.401. The number of ether oxygens (including phenoxy) is 1. The summed E-state index contributed by atoms with van der Waals surface area (Å²) in [7, 11) is 0. The molecular weight excluding hydrogens is 348 g/mol. The van der Waals surface area contributed by atoms with Gasteiger partial charge in [0.2, 0.25) is 5.88 Å². The van der Waals surface area contributed by atoms with Gasteiger partial charge >= 0.3 is 0 Å². The number of pyridine rings is 1. The Kier molecular flexibility index (Phi) is 3.69. The molecule has 1 heterocycles. The van der Waals surface area contributed by atoms with E-state index in [-0.39, 0.29) is 0 Å². The molecule has 0 aliphatic rings. The number of aromatic nitrogens is 1. The molecule has 0 saturated heterocycles. The normalized spacial score (nSPS) is 10.3. The van der Waals surface area contributed by atoms with E-state index in [0.29, 0.717) is 17.3 Å². The van der Waals surface area contributed by atoms with Crippen molar-refractivity contribution in [1.29, 1.82) is 0 Å². The van der Waals surface area contributed by atoms with Gasteiger partial charge in [-0.3, -0.25) is 0 Å². The van der Waals surface area contributed by atoms with E-state index in [1.165, 1.54) is 0 Å². The van der Waals surface area contributed by atoms with E-state index >= 15 is 0 Å². The quantitative estimate of drug-likeness (QED) is 0.872. The number of nitrogen functional groups attached to an aromatic ring is 1. The van der Waals surface area contributed by atoms with Crippen LogP contribution in [0.1, 0.15) is 5.56 Å². The Morgan fingerprint density at radius 1 is 1.24 bits per heavy atom. The second-order valence-electron chi connectivity index (χ2n) is 3.58. The number of anilines is 1. The molecule has 0 spiro atoms. The predicted octanol–water partition coefficient (Wildman–Crippen LogP) is 4.29. The van der Waals surface area contributed by atoms with Crippen molar-refractivity contribution in [2.45, 2.75) is 6.92 Å². The third kappa shape index (κ3) is 2.98. The van der Waals surface area contributed by atoms with E-state index < -0.39 is 0 Å². The lowest BCUT2D eigenvalue weighted by atomic mass is 10.2. The van der Waals surface area contributed by atoms with Gasteiger partial charge in [0.25, 0.3) is 0 Å². The monoisotopic (exact) mass is 356 g/mol. The zero-order valence-corrected chi connectivity index (χ0v) is 12.2. The van der Waals surface area contributed by atoms with Crippen molar-refractivity contribution in [3.8, 4) is 11.6 Å². The molecule has 0 bridgehead atoms. The minimum Gasteiger partial charge on any atom is -0.436 e. The number of hydrogen-bond acceptors (Lipinski definition) is 3. The molecule has 17 heavy (non-hydrogen) atoms. The summed E-state index contributed by atoms with van der Waals surface area (Å²) in [5.74, 6) is 1.09. The zero-order chi connectivity index (χ0) is 12.4. The van der Waals surface area contributed by atoms with Crippen LogP contribution in [0.15, 0.2) is 39.4 Å². The van der Waals surface area contributed by atoms with Gasteiger partial charge in [0.1, 0.15) is 5.75 Å². The molecule has 1 aromatic carbocycles. The van der Waals surface area contributed by atoms with E-state index in [2.05, 4.69) is 36.8 Å². The van der Waals surface area contributed by atoms with Crippen molar-refractivity contribution >= 4 is 37.5 Å². The Morgan fingerprint density at radius 2 is 2.00 bits per heavy atom. The standard InChI is InChI=1S/C12H10Br2N2O/c1-7-2-3-11(9(14)4-7)17-12-10(15)5-8(13)6-16-12/h2-6H,15H2,1H3. The van der Waals surface area contributed by atoms with Crippen LogP contribution in [0.4, 0.5) is 5.69 Å². The third-order valence-electron chi connectivity index (χ3n) is 2.14. The van der Waals surface area contributed by atoms with Crippen LogP contribution in [0, 0.1) is 6.92 Å². The van der Waals surface area contributed by atoms with Crippen LogP contribution >= 0.6 is 31.9 Å². The predicted molar refractivity (Wildman–Crippen MR) is 75.3 cm³/mol. The highest BCUT2D eigenvalue weighted by Crippen LogP contribution is 2.32. The average molecular weight is 358 g/mol. The van der Waals surface area contributed by atoms with Crippen LogP contribution < -0.4 is 10.5 Å². The number of aryl methyl sites for hydroxylation is 1. The van der Waals surface area contributed by atoms with Crippen molar-refractivity contribution in [1.82, 2.24) is 4.98 Å². The highest BCUT2D eigenvalue weighted by Gasteiger charge is 2.07. The molecule has 0 amide bonds. The summed E-state index contributed by atoms with van der Waals surface area (Å²) < 4.78 is 7.35. The van der Waals surface area contributed by atoms with E-state index in [9.17, 15) is 0 Å². The highest BCUT2D eigenvalue weighted by atomic mass is 79.9. The molecule has 0 aliphatic carbocycles. The molecule has 1 aromatic heterocycles. The highest BCUT2D eigenvalue weighted by molar-refractivity contribution is 9.10. The average Bonchev–Trinajstić information content (AvgIpc) is 2.25. The lowest BCUT2D eigenvalue weighted by Gasteiger charge is -2.09. The number of hydrogen-bond donors (Lipinski definition) is 1. The molecule has 0 unspecified atom stereocenters. The van der Waals surface area contributed by atoms with Crippen LogP contribution in [0.3, 0.4) is 0 Å². The molecule has 3 nitrogen and oxygen atoms in total. The van der Waals surface area contributed by atoms with Crippen LogP contribution in [0.25, 0.3) is 0 Å². The topological polar surface area (TPSA) is 48.1 Å². The Labute approximate surface area is 116 Å². The molecule has 0 fully saturated rings. The molecule has 5 heteroatoms. The van der Waals surface area contributed by atoms with Gasteiger partial charge in [-0.25, -0.2) is 4.98 Å². The van der Waals surface area contributed by atoms with Crippen LogP contribution in [0.5, 0.6) is 11.6 Å². The fourth-order valence-corrected chi connectivity index (χ4v) is 2.24. The lowest BCUT2D eigenvalue weighted by molar-refractivity contribution is 0.462. The van der Waals surface area contributed by atoms with Gasteiger partial charge in [-0.1, -0.05) is 6.07 Å². The Morgan fingerprint density at radius 3 is 2.65 bits per heavy atom. The summed E-state index contributed by atoms with van der Waals surface area (Å²) in [5.41, 5.74) is 7.46. The zero-order valence-electron chi connectivity index (χ0n) is 9.08. The van der Waals surface area contributed by atoms with Crippen molar-refractivity contribution in [3.05, 3.63) is 45.0 Å². The first-order chi connectivity index (χ1) is 8.06. The molecule has 0 radical (unpaired) electrons. The molecular formula is C12H10Br2N2O. The largest absolute Gasteiger partial charge is 0.436 e. The first-order valence-electron chi connectivity index (χ1n) is 4.91. The van der Waals surface area contributed by atoms with Crippen LogP contribution in [0.2, 0.25) is 0 Å². The van der Waals surface area contributed by atoms with E-state index in [1.54, 1.807) is 12.3 Å². The van der Waals surface area contributed by atoms with Crippen LogP contribution in [-0.2, 0) is 0 Å². The number of benzene rings is 1. The fraction of sp³-hybridized carbons (Fsp3) is 0.0833. The SMILES string of the molecule is Cc1ccc(Oc2ncc(Br)cc2N)c(Br)c1. The van der Waals surface area contributed by atoms with Crippen molar-refractivity contribution < 1.29 is 4.74 Å². The second-order valence-corrected chi connectivity index (χ2v) is 5.35. The maximum Gasteiger partial charge on any atom is 0.242 e. The number of nitrogens with two attached hydrogens (primary N) is 1. The van der Waals surface area contributed by atoms with Gasteiger partial charge in [-0.2, -0.15) is 0 Å². The van der Waals surface area contributed by atoms with Gasteiger partial charge in [0, 0.05) is 10.7 Å². The molecule has 2 aromatic rings. The fourth-order valence-electron chi connectivity index (χ4n) is 1.32. The number of halogens is 2. The first-order valence-corrected chi connectivity index (χ1v) is 6.50. The summed E-state index contributed by atoms with van der Waals surface area (Å²) in [5, 5.41) is 0. The molecule has 88 valence electrons. The lowest BCUT2D eigenvalue weighted by Crippen LogP contribution is -1.95. The maximum absolute atomic E-state index is 5.82. The smallest absolute Gasteiger partial charge is 0.242 e. The van der Waals surface area contributed by atoms with Gasteiger partial charge < -0.3 is 10.5 Å². The first kappa shape index (κ1) is 12.4. The summed E-state index contributed by atoms with van der Waals surface area (Å²) in [6.45, 7) is 2.01. The molecule has 0 saturated carbocycles. The Hall–Kier alpha value is -1.07. The molecule has 2 rings (SSSR count). The van der Waals surface area contributed by atoms with Crippen molar-refractivity contribution in [2.24, 2.45) is 0 Å². The summed E-state index contributed by atoms with van der Waals surface area (Å²) >= 11 is 6.74. The summed E-state index contributed by atoms with van der Waals surface area (Å²) in [6.07, 6.45) is 1.65. The minimum atomic E-state index is 0.401. The Bertz CT molecular complexity index is 509. The van der Waals surface area contributed by atoms with Crippen LogP contribution in [-0.4, -0.2) is 4.98 Å². The summed E-state index contributed by atoms with van der Waals surface area (Å²) in [6, 6.07) is 7.58. The van der Waals surface area contributed by atoms with E-state index in [1.807, 2.05) is 25.1 Å².